The maximum absolute atomic E-state index is 12.0. The number of carbonyl (C=O) groups excluding carboxylic acids is 2. The topological polar surface area (TPSA) is 73.2 Å². The van der Waals surface area contributed by atoms with E-state index in [1.807, 2.05) is 29.0 Å². The molecule has 0 radical (unpaired) electrons. The lowest BCUT2D eigenvalue weighted by Gasteiger charge is -2.09. The maximum Gasteiger partial charge on any atom is 0.258 e. The Bertz CT molecular complexity index is 920. The molecule has 0 aliphatic carbocycles. The fourth-order valence-electron chi connectivity index (χ4n) is 2.63. The van der Waals surface area contributed by atoms with Crippen molar-refractivity contribution in [1.82, 2.24) is 14.9 Å². The minimum Gasteiger partial charge on any atom is -0.484 e. The number of ether oxygens (including phenoxy) is 1. The summed E-state index contributed by atoms with van der Waals surface area (Å²) in [6.45, 7) is 2.55. The molecule has 0 saturated carbocycles. The molecule has 0 bridgehead atoms. The molecule has 2 aromatic carbocycles. The molecule has 3 rings (SSSR count). The van der Waals surface area contributed by atoms with Gasteiger partial charge in [0.25, 0.3) is 5.91 Å². The number of rotatable bonds is 8. The molecule has 0 spiro atoms. The Kier molecular flexibility index (Phi) is 5.99. The van der Waals surface area contributed by atoms with E-state index in [0.717, 1.165) is 17.7 Å². The summed E-state index contributed by atoms with van der Waals surface area (Å²) < 4.78 is 7.45. The summed E-state index contributed by atoms with van der Waals surface area (Å²) in [6.07, 6.45) is 5.43. The van der Waals surface area contributed by atoms with E-state index in [0.29, 0.717) is 17.9 Å². The second kappa shape index (κ2) is 8.80. The van der Waals surface area contributed by atoms with Gasteiger partial charge in [-0.05, 0) is 30.2 Å². The van der Waals surface area contributed by atoms with Crippen LogP contribution in [-0.4, -0.2) is 27.8 Å². The first kappa shape index (κ1) is 18.4. The molecule has 3 aromatic rings. The number of amides is 1. The van der Waals surface area contributed by atoms with Gasteiger partial charge >= 0.3 is 0 Å². The number of carbonyl (C=O) groups is 2. The summed E-state index contributed by atoms with van der Waals surface area (Å²) in [5.74, 6) is 0.240. The average Bonchev–Trinajstić information content (AvgIpc) is 3.18. The summed E-state index contributed by atoms with van der Waals surface area (Å²) in [6, 6.07) is 14.8. The van der Waals surface area contributed by atoms with E-state index in [1.165, 1.54) is 6.92 Å². The lowest BCUT2D eigenvalue weighted by Crippen LogP contribution is -2.28. The molecular weight excluding hydrogens is 342 g/mol. The third-order valence-electron chi connectivity index (χ3n) is 4.02. The number of Topliss-reactive ketones (excluding diaryl/α,β-unsaturated/α-hetero) is 1. The number of hydrogen-bond donors (Lipinski definition) is 1. The molecule has 0 aliphatic heterocycles. The Morgan fingerprint density at radius 2 is 1.93 bits per heavy atom. The highest BCUT2D eigenvalue weighted by atomic mass is 16.5. The van der Waals surface area contributed by atoms with E-state index in [4.69, 9.17) is 4.74 Å². The SMILES string of the molecule is CC(=O)c1cccc(OCC(=O)NCc2cccc(Cn3ccnc3)c2)c1. The van der Waals surface area contributed by atoms with Crippen LogP contribution in [0.3, 0.4) is 0 Å². The Morgan fingerprint density at radius 3 is 2.70 bits per heavy atom. The zero-order chi connectivity index (χ0) is 19.1. The molecule has 1 aromatic heterocycles. The van der Waals surface area contributed by atoms with Crippen LogP contribution >= 0.6 is 0 Å². The number of ketones is 1. The first-order valence-electron chi connectivity index (χ1n) is 8.64. The summed E-state index contributed by atoms with van der Waals surface area (Å²) in [4.78, 5) is 27.5. The molecule has 0 unspecified atom stereocenters. The number of hydrogen-bond acceptors (Lipinski definition) is 4. The van der Waals surface area contributed by atoms with Crippen LogP contribution in [0.1, 0.15) is 28.4 Å². The van der Waals surface area contributed by atoms with Crippen molar-refractivity contribution in [3.63, 3.8) is 0 Å². The molecule has 27 heavy (non-hydrogen) atoms. The van der Waals surface area contributed by atoms with E-state index >= 15 is 0 Å². The van der Waals surface area contributed by atoms with Gasteiger partial charge in [-0.1, -0.05) is 36.4 Å². The average molecular weight is 363 g/mol. The van der Waals surface area contributed by atoms with Crippen LogP contribution < -0.4 is 10.1 Å². The van der Waals surface area contributed by atoms with Crippen molar-refractivity contribution in [2.75, 3.05) is 6.61 Å². The smallest absolute Gasteiger partial charge is 0.258 e. The van der Waals surface area contributed by atoms with E-state index in [9.17, 15) is 9.59 Å². The van der Waals surface area contributed by atoms with Crippen LogP contribution in [-0.2, 0) is 17.9 Å². The first-order chi connectivity index (χ1) is 13.1. The lowest BCUT2D eigenvalue weighted by atomic mass is 10.1. The third-order valence-corrected chi connectivity index (χ3v) is 4.02. The Morgan fingerprint density at radius 1 is 1.11 bits per heavy atom. The largest absolute Gasteiger partial charge is 0.484 e. The third kappa shape index (κ3) is 5.54. The summed E-state index contributed by atoms with van der Waals surface area (Å²) in [5.41, 5.74) is 2.71. The molecule has 6 nitrogen and oxygen atoms in total. The fourth-order valence-corrected chi connectivity index (χ4v) is 2.63. The van der Waals surface area contributed by atoms with Gasteiger partial charge in [0.05, 0.1) is 6.33 Å². The van der Waals surface area contributed by atoms with Gasteiger partial charge < -0.3 is 14.6 Å². The van der Waals surface area contributed by atoms with Gasteiger partial charge in [0, 0.05) is 31.0 Å². The van der Waals surface area contributed by atoms with Crippen LogP contribution in [0.4, 0.5) is 0 Å². The molecular formula is C21H21N3O3. The van der Waals surface area contributed by atoms with Crippen LogP contribution in [0.2, 0.25) is 0 Å². The predicted molar refractivity (Wildman–Crippen MR) is 102 cm³/mol. The van der Waals surface area contributed by atoms with Gasteiger partial charge in [0.2, 0.25) is 0 Å². The Labute approximate surface area is 157 Å². The van der Waals surface area contributed by atoms with E-state index < -0.39 is 0 Å². The fraction of sp³-hybridized carbons (Fsp3) is 0.190. The van der Waals surface area contributed by atoms with Crippen molar-refractivity contribution in [2.24, 2.45) is 0 Å². The number of benzene rings is 2. The minimum absolute atomic E-state index is 0.0412. The highest BCUT2D eigenvalue weighted by molar-refractivity contribution is 5.94. The predicted octanol–water partition coefficient (Wildman–Crippen LogP) is 2.83. The highest BCUT2D eigenvalue weighted by Gasteiger charge is 2.06. The van der Waals surface area contributed by atoms with Gasteiger partial charge in [-0.2, -0.15) is 0 Å². The van der Waals surface area contributed by atoms with Gasteiger partial charge in [-0.25, -0.2) is 4.98 Å². The normalized spacial score (nSPS) is 10.4. The van der Waals surface area contributed by atoms with Crippen LogP contribution in [0, 0.1) is 0 Å². The van der Waals surface area contributed by atoms with Crippen molar-refractivity contribution < 1.29 is 14.3 Å². The molecule has 138 valence electrons. The van der Waals surface area contributed by atoms with Crippen LogP contribution in [0.25, 0.3) is 0 Å². The molecule has 0 saturated heterocycles. The number of aromatic nitrogens is 2. The minimum atomic E-state index is -0.219. The quantitative estimate of drug-likeness (QED) is 0.625. The van der Waals surface area contributed by atoms with Crippen LogP contribution in [0.15, 0.2) is 67.3 Å². The Hall–Kier alpha value is -3.41. The van der Waals surface area contributed by atoms with Crippen molar-refractivity contribution in [1.29, 1.82) is 0 Å². The number of imidazole rings is 1. The van der Waals surface area contributed by atoms with Crippen LogP contribution in [0.5, 0.6) is 5.75 Å². The Balaban J connectivity index is 1.49. The summed E-state index contributed by atoms with van der Waals surface area (Å²) in [5, 5.41) is 2.84. The summed E-state index contributed by atoms with van der Waals surface area (Å²) in [7, 11) is 0. The van der Waals surface area contributed by atoms with Crippen molar-refractivity contribution in [2.45, 2.75) is 20.0 Å². The number of nitrogens with zero attached hydrogens (tertiary/aromatic N) is 2. The number of nitrogens with one attached hydrogen (secondary N) is 1. The van der Waals surface area contributed by atoms with E-state index in [2.05, 4.69) is 16.4 Å². The molecule has 1 N–H and O–H groups in total. The van der Waals surface area contributed by atoms with Crippen molar-refractivity contribution in [3.8, 4) is 5.75 Å². The second-order valence-corrected chi connectivity index (χ2v) is 6.20. The van der Waals surface area contributed by atoms with Gasteiger partial charge in [0.15, 0.2) is 12.4 Å². The monoisotopic (exact) mass is 363 g/mol. The van der Waals surface area contributed by atoms with Gasteiger partial charge in [-0.15, -0.1) is 0 Å². The lowest BCUT2D eigenvalue weighted by molar-refractivity contribution is -0.123. The van der Waals surface area contributed by atoms with Gasteiger partial charge in [0.1, 0.15) is 5.75 Å². The molecule has 0 fully saturated rings. The molecule has 1 heterocycles. The maximum atomic E-state index is 12.0. The van der Waals surface area contributed by atoms with Gasteiger partial charge in [-0.3, -0.25) is 9.59 Å². The zero-order valence-electron chi connectivity index (χ0n) is 15.1. The molecule has 0 atom stereocenters. The molecule has 1 amide bonds. The van der Waals surface area contributed by atoms with Crippen molar-refractivity contribution >= 4 is 11.7 Å². The molecule has 0 aliphatic rings. The summed E-state index contributed by atoms with van der Waals surface area (Å²) >= 11 is 0. The standard InChI is InChI=1S/C21H21N3O3/c1-16(25)19-6-3-7-20(11-19)27-14-21(26)23-12-17-4-2-5-18(10-17)13-24-9-8-22-15-24/h2-11,15H,12-14H2,1H3,(H,23,26). The second-order valence-electron chi connectivity index (χ2n) is 6.20. The van der Waals surface area contributed by atoms with Crippen molar-refractivity contribution in [3.05, 3.63) is 83.9 Å². The van der Waals surface area contributed by atoms with E-state index in [-0.39, 0.29) is 18.3 Å². The highest BCUT2D eigenvalue weighted by Crippen LogP contribution is 2.13. The first-order valence-corrected chi connectivity index (χ1v) is 8.64. The van der Waals surface area contributed by atoms with E-state index in [1.54, 1.807) is 36.8 Å². The zero-order valence-corrected chi connectivity index (χ0v) is 15.1. The molecule has 6 heteroatoms.